The average molecular weight is 329 g/mol. The van der Waals surface area contributed by atoms with E-state index in [-0.39, 0.29) is 5.69 Å². The lowest BCUT2D eigenvalue weighted by atomic mass is 10.2. The van der Waals surface area contributed by atoms with E-state index in [0.29, 0.717) is 10.8 Å². The van der Waals surface area contributed by atoms with Crippen molar-refractivity contribution in [2.24, 2.45) is 12.1 Å². The van der Waals surface area contributed by atoms with Gasteiger partial charge in [0, 0.05) is 35.6 Å². The predicted molar refractivity (Wildman–Crippen MR) is 92.2 cm³/mol. The highest BCUT2D eigenvalue weighted by Gasteiger charge is 2.11. The van der Waals surface area contributed by atoms with Gasteiger partial charge in [-0.15, -0.1) is 0 Å². The van der Waals surface area contributed by atoms with Crippen LogP contribution in [0.15, 0.2) is 53.6 Å². The maximum atomic E-state index is 10.8. The number of hydrazone groups is 1. The number of aryl methyl sites for hydroxylation is 1. The highest BCUT2D eigenvalue weighted by molar-refractivity contribution is 6.34. The van der Waals surface area contributed by atoms with Crippen LogP contribution in [0.5, 0.6) is 0 Å². The van der Waals surface area contributed by atoms with Crippen molar-refractivity contribution >= 4 is 40.1 Å². The maximum absolute atomic E-state index is 10.8. The Labute approximate surface area is 137 Å². The molecule has 0 saturated heterocycles. The number of fused-ring (bicyclic) bond motifs is 1. The number of non-ortho nitro benzene ring substituents is 1. The van der Waals surface area contributed by atoms with Gasteiger partial charge < -0.3 is 4.57 Å². The number of hydrogen-bond donors (Lipinski definition) is 1. The highest BCUT2D eigenvalue weighted by Crippen LogP contribution is 2.27. The first-order chi connectivity index (χ1) is 11.1. The summed E-state index contributed by atoms with van der Waals surface area (Å²) in [7, 11) is 1.88. The number of anilines is 1. The standard InChI is InChI=1S/C16H13ClN4O2/c1-20-15-8-3-2-7-13(15)14(16(20)17)10-18-19-11-5-4-6-12(9-11)21(22)23/h2-10,19H,1H3/b18-10+. The van der Waals surface area contributed by atoms with Gasteiger partial charge in [0.15, 0.2) is 0 Å². The Bertz CT molecular complexity index is 918. The van der Waals surface area contributed by atoms with Crippen LogP contribution in [0, 0.1) is 10.1 Å². The summed E-state index contributed by atoms with van der Waals surface area (Å²) in [5.41, 5.74) is 5.13. The molecule has 0 bridgehead atoms. The van der Waals surface area contributed by atoms with Gasteiger partial charge in [-0.2, -0.15) is 5.10 Å². The van der Waals surface area contributed by atoms with E-state index in [2.05, 4.69) is 10.5 Å². The van der Waals surface area contributed by atoms with Crippen molar-refractivity contribution in [3.63, 3.8) is 0 Å². The second kappa shape index (κ2) is 6.10. The molecule has 3 aromatic rings. The van der Waals surface area contributed by atoms with E-state index in [1.165, 1.54) is 12.1 Å². The number of hydrogen-bond acceptors (Lipinski definition) is 4. The topological polar surface area (TPSA) is 72.5 Å². The molecule has 0 atom stereocenters. The number of para-hydroxylation sites is 1. The molecule has 0 fully saturated rings. The maximum Gasteiger partial charge on any atom is 0.271 e. The zero-order valence-electron chi connectivity index (χ0n) is 12.2. The molecule has 0 aliphatic carbocycles. The van der Waals surface area contributed by atoms with Gasteiger partial charge in [0.2, 0.25) is 0 Å². The molecule has 23 heavy (non-hydrogen) atoms. The van der Waals surface area contributed by atoms with Crippen LogP contribution in [0.3, 0.4) is 0 Å². The molecule has 2 aromatic carbocycles. The SMILES string of the molecule is Cn1c(Cl)c(/C=N/Nc2cccc([N+](=O)[O-])c2)c2ccccc21. The molecule has 1 aromatic heterocycles. The summed E-state index contributed by atoms with van der Waals surface area (Å²) in [5, 5.41) is 16.5. The molecule has 0 saturated carbocycles. The van der Waals surface area contributed by atoms with Gasteiger partial charge in [-0.1, -0.05) is 35.9 Å². The lowest BCUT2D eigenvalue weighted by molar-refractivity contribution is -0.384. The van der Waals surface area contributed by atoms with Gasteiger partial charge in [-0.25, -0.2) is 0 Å². The third-order valence-corrected chi connectivity index (χ3v) is 3.97. The average Bonchev–Trinajstić information content (AvgIpc) is 2.80. The summed E-state index contributed by atoms with van der Waals surface area (Å²) < 4.78 is 1.88. The third kappa shape index (κ3) is 2.89. The van der Waals surface area contributed by atoms with Crippen molar-refractivity contribution in [3.05, 3.63) is 69.4 Å². The van der Waals surface area contributed by atoms with Crippen LogP contribution in [0.4, 0.5) is 11.4 Å². The van der Waals surface area contributed by atoms with Crippen LogP contribution < -0.4 is 5.43 Å². The number of benzene rings is 2. The van der Waals surface area contributed by atoms with Gasteiger partial charge in [-0.3, -0.25) is 15.5 Å². The quantitative estimate of drug-likeness (QED) is 0.443. The van der Waals surface area contributed by atoms with Crippen LogP contribution in [0.2, 0.25) is 5.15 Å². The van der Waals surface area contributed by atoms with Crippen LogP contribution >= 0.6 is 11.6 Å². The fourth-order valence-electron chi connectivity index (χ4n) is 2.37. The fraction of sp³-hybridized carbons (Fsp3) is 0.0625. The summed E-state index contributed by atoms with van der Waals surface area (Å²) >= 11 is 6.34. The molecule has 1 heterocycles. The Morgan fingerprint density at radius 2 is 2.04 bits per heavy atom. The molecule has 6 nitrogen and oxygen atoms in total. The van der Waals surface area contributed by atoms with Gasteiger partial charge in [-0.05, 0) is 12.1 Å². The molecule has 0 aliphatic rings. The highest BCUT2D eigenvalue weighted by atomic mass is 35.5. The van der Waals surface area contributed by atoms with Gasteiger partial charge >= 0.3 is 0 Å². The van der Waals surface area contributed by atoms with Crippen molar-refractivity contribution in [2.45, 2.75) is 0 Å². The fourth-order valence-corrected chi connectivity index (χ4v) is 2.62. The smallest absolute Gasteiger partial charge is 0.271 e. The minimum atomic E-state index is -0.448. The van der Waals surface area contributed by atoms with E-state index in [1.54, 1.807) is 18.3 Å². The normalized spacial score (nSPS) is 11.2. The van der Waals surface area contributed by atoms with Crippen molar-refractivity contribution in [1.82, 2.24) is 4.57 Å². The van der Waals surface area contributed by atoms with Gasteiger partial charge in [0.05, 0.1) is 16.8 Å². The molecule has 0 spiro atoms. The lowest BCUT2D eigenvalue weighted by Gasteiger charge is -1.99. The minimum absolute atomic E-state index is 0.00777. The first kappa shape index (κ1) is 15.1. The summed E-state index contributed by atoms with van der Waals surface area (Å²) in [4.78, 5) is 10.3. The molecule has 3 rings (SSSR count). The molecular weight excluding hydrogens is 316 g/mol. The molecule has 1 N–H and O–H groups in total. The molecule has 0 unspecified atom stereocenters. The largest absolute Gasteiger partial charge is 0.334 e. The molecule has 116 valence electrons. The molecule has 0 radical (unpaired) electrons. The summed E-state index contributed by atoms with van der Waals surface area (Å²) in [6.45, 7) is 0. The minimum Gasteiger partial charge on any atom is -0.334 e. The van der Waals surface area contributed by atoms with E-state index >= 15 is 0 Å². The Kier molecular flexibility index (Phi) is 3.99. The zero-order valence-corrected chi connectivity index (χ0v) is 13.0. The van der Waals surface area contributed by atoms with E-state index < -0.39 is 4.92 Å². The van der Waals surface area contributed by atoms with E-state index in [4.69, 9.17) is 11.6 Å². The number of aromatic nitrogens is 1. The van der Waals surface area contributed by atoms with Gasteiger partial charge in [0.25, 0.3) is 5.69 Å². The number of nitrogens with one attached hydrogen (secondary N) is 1. The first-order valence-electron chi connectivity index (χ1n) is 6.84. The van der Waals surface area contributed by atoms with E-state index in [0.717, 1.165) is 16.5 Å². The number of rotatable bonds is 4. The molecule has 0 amide bonds. The van der Waals surface area contributed by atoms with Crippen molar-refractivity contribution < 1.29 is 4.92 Å². The summed E-state index contributed by atoms with van der Waals surface area (Å²) in [6.07, 6.45) is 1.61. The van der Waals surface area contributed by atoms with Crippen molar-refractivity contribution in [1.29, 1.82) is 0 Å². The molecule has 0 aliphatic heterocycles. The lowest BCUT2D eigenvalue weighted by Crippen LogP contribution is -1.93. The van der Waals surface area contributed by atoms with Gasteiger partial charge in [0.1, 0.15) is 5.15 Å². The first-order valence-corrected chi connectivity index (χ1v) is 7.22. The number of nitro benzene ring substituents is 1. The molecular formula is C16H13ClN4O2. The second-order valence-electron chi connectivity index (χ2n) is 4.96. The third-order valence-electron chi connectivity index (χ3n) is 3.52. The summed E-state index contributed by atoms with van der Waals surface area (Å²) in [5.74, 6) is 0. The summed E-state index contributed by atoms with van der Waals surface area (Å²) in [6, 6.07) is 14.0. The predicted octanol–water partition coefficient (Wildman–Crippen LogP) is 4.19. The van der Waals surface area contributed by atoms with E-state index in [1.807, 2.05) is 35.9 Å². The van der Waals surface area contributed by atoms with Crippen LogP contribution in [-0.4, -0.2) is 15.7 Å². The number of nitrogens with zero attached hydrogens (tertiary/aromatic N) is 3. The van der Waals surface area contributed by atoms with Crippen LogP contribution in [0.25, 0.3) is 10.9 Å². The molecule has 7 heteroatoms. The zero-order chi connectivity index (χ0) is 16.4. The number of halogens is 1. The van der Waals surface area contributed by atoms with Crippen molar-refractivity contribution in [3.8, 4) is 0 Å². The second-order valence-corrected chi connectivity index (χ2v) is 5.32. The Morgan fingerprint density at radius 3 is 2.83 bits per heavy atom. The number of nitro groups is 1. The monoisotopic (exact) mass is 328 g/mol. The Hall–Kier alpha value is -2.86. The van der Waals surface area contributed by atoms with Crippen molar-refractivity contribution in [2.75, 3.05) is 5.43 Å². The Morgan fingerprint density at radius 1 is 1.26 bits per heavy atom. The van der Waals surface area contributed by atoms with Crippen LogP contribution in [0.1, 0.15) is 5.56 Å². The Balaban J connectivity index is 1.88. The van der Waals surface area contributed by atoms with E-state index in [9.17, 15) is 10.1 Å². The van der Waals surface area contributed by atoms with Crippen LogP contribution in [-0.2, 0) is 7.05 Å².